The molecule has 9 heteroatoms. The van der Waals surface area contributed by atoms with Crippen molar-refractivity contribution in [1.29, 1.82) is 5.26 Å². The Morgan fingerprint density at radius 3 is 2.68 bits per heavy atom. The number of nitriles is 1. The van der Waals surface area contributed by atoms with E-state index < -0.39 is 7.14 Å². The van der Waals surface area contributed by atoms with Crippen molar-refractivity contribution in [3.63, 3.8) is 0 Å². The number of aryl methyl sites for hydroxylation is 1. The van der Waals surface area contributed by atoms with E-state index in [0.29, 0.717) is 11.2 Å². The average Bonchev–Trinajstić information content (AvgIpc) is 3.36. The Bertz CT molecular complexity index is 1580. The van der Waals surface area contributed by atoms with Gasteiger partial charge in [0.25, 0.3) is 0 Å². The van der Waals surface area contributed by atoms with E-state index in [9.17, 15) is 9.83 Å². The van der Waals surface area contributed by atoms with Gasteiger partial charge >= 0.3 is 0 Å². The Kier molecular flexibility index (Phi) is 6.41. The molecule has 0 saturated carbocycles. The number of fused-ring (bicyclic) bond motifs is 2. The molecule has 4 heterocycles. The number of benzene rings is 1. The van der Waals surface area contributed by atoms with Gasteiger partial charge in [-0.15, -0.1) is 0 Å². The zero-order valence-corrected chi connectivity index (χ0v) is 22.6. The second-order valence-corrected chi connectivity index (χ2v) is 14.3. The molecule has 3 aromatic heterocycles. The van der Waals surface area contributed by atoms with Gasteiger partial charge in [0.15, 0.2) is 0 Å². The number of ether oxygens (including phenoxy) is 1. The van der Waals surface area contributed by atoms with Crippen molar-refractivity contribution >= 4 is 23.9 Å². The van der Waals surface area contributed by atoms with Crippen LogP contribution in [0.15, 0.2) is 55.0 Å². The van der Waals surface area contributed by atoms with Crippen LogP contribution < -0.4 is 9.64 Å². The van der Waals surface area contributed by atoms with Crippen molar-refractivity contribution in [2.24, 2.45) is 0 Å². The fourth-order valence-corrected chi connectivity index (χ4v) is 7.15. The predicted octanol–water partition coefficient (Wildman–Crippen LogP) is 5.74. The van der Waals surface area contributed by atoms with Crippen LogP contribution >= 0.6 is 7.14 Å². The summed E-state index contributed by atoms with van der Waals surface area (Å²) in [5, 5.41) is 14.9. The van der Waals surface area contributed by atoms with Gasteiger partial charge in [-0.25, -0.2) is 9.67 Å². The van der Waals surface area contributed by atoms with Crippen LogP contribution in [0.5, 0.6) is 5.75 Å². The zero-order chi connectivity index (χ0) is 26.3. The average molecular weight is 527 g/mol. The molecule has 8 nitrogen and oxygen atoms in total. The fourth-order valence-electron chi connectivity index (χ4n) is 5.67. The maximum absolute atomic E-state index is 12.5. The summed E-state index contributed by atoms with van der Waals surface area (Å²) in [4.78, 5) is 11.5. The first-order chi connectivity index (χ1) is 18.4. The van der Waals surface area contributed by atoms with Crippen LogP contribution in [-0.2, 0) is 11.0 Å². The Morgan fingerprint density at radius 2 is 1.89 bits per heavy atom. The van der Waals surface area contributed by atoms with Gasteiger partial charge in [0.05, 0.1) is 35.8 Å². The number of pyridine rings is 2. The minimum atomic E-state index is -2.07. The smallest absolute Gasteiger partial charge is 0.141 e. The van der Waals surface area contributed by atoms with Crippen molar-refractivity contribution in [2.75, 3.05) is 31.3 Å². The molecule has 1 aliphatic heterocycles. The lowest BCUT2D eigenvalue weighted by molar-refractivity contribution is 0.178. The van der Waals surface area contributed by atoms with Gasteiger partial charge in [0.1, 0.15) is 23.7 Å². The fraction of sp³-hybridized carbons (Fsp3) is 0.379. The number of aromatic nitrogens is 4. The zero-order valence-electron chi connectivity index (χ0n) is 21.7. The van der Waals surface area contributed by atoms with Gasteiger partial charge in [-0.3, -0.25) is 4.98 Å². The van der Waals surface area contributed by atoms with E-state index in [1.165, 1.54) is 0 Å². The lowest BCUT2D eigenvalue weighted by atomic mass is 9.93. The van der Waals surface area contributed by atoms with Crippen LogP contribution in [0.2, 0.25) is 0 Å². The third-order valence-corrected chi connectivity index (χ3v) is 10.1. The Morgan fingerprint density at radius 1 is 1.05 bits per heavy atom. The van der Waals surface area contributed by atoms with Crippen LogP contribution in [0, 0.1) is 11.3 Å². The maximum Gasteiger partial charge on any atom is 0.141 e. The molecule has 6 rings (SSSR count). The molecule has 0 amide bonds. The van der Waals surface area contributed by atoms with Crippen molar-refractivity contribution < 1.29 is 9.30 Å². The predicted molar refractivity (Wildman–Crippen MR) is 149 cm³/mol. The van der Waals surface area contributed by atoms with E-state index in [1.807, 2.05) is 60.7 Å². The van der Waals surface area contributed by atoms with Gasteiger partial charge in [-0.2, -0.15) is 10.4 Å². The molecule has 1 saturated heterocycles. The van der Waals surface area contributed by atoms with E-state index in [2.05, 4.69) is 32.1 Å². The molecule has 0 bridgehead atoms. The molecule has 1 atom stereocenters. The largest absolute Gasteiger partial charge is 0.484 e. The molecule has 1 aliphatic carbocycles. The summed E-state index contributed by atoms with van der Waals surface area (Å²) < 4.78 is 20.9. The van der Waals surface area contributed by atoms with Crippen LogP contribution in [0.1, 0.15) is 48.6 Å². The first-order valence-corrected chi connectivity index (χ1v) is 15.9. The first kappa shape index (κ1) is 24.6. The van der Waals surface area contributed by atoms with E-state index in [-0.39, 0.29) is 6.10 Å². The lowest BCUT2D eigenvalue weighted by Crippen LogP contribution is -2.36. The normalized spacial score (nSPS) is 18.2. The van der Waals surface area contributed by atoms with Gasteiger partial charge in [0, 0.05) is 48.7 Å². The quantitative estimate of drug-likeness (QED) is 0.306. The van der Waals surface area contributed by atoms with Gasteiger partial charge in [0.2, 0.25) is 0 Å². The highest BCUT2D eigenvalue weighted by atomic mass is 31.2. The second-order valence-electron chi connectivity index (χ2n) is 10.7. The molecule has 4 aromatic rings. The number of piperidine rings is 1. The Labute approximate surface area is 222 Å². The summed E-state index contributed by atoms with van der Waals surface area (Å²) in [6.07, 6.45) is 9.85. The highest BCUT2D eigenvalue weighted by molar-refractivity contribution is 7.63. The molecule has 0 N–H and O–H groups in total. The topological polar surface area (TPSA) is 96.9 Å². The summed E-state index contributed by atoms with van der Waals surface area (Å²) in [7, 11) is -2.07. The second kappa shape index (κ2) is 9.89. The highest BCUT2D eigenvalue weighted by Gasteiger charge is 2.29. The van der Waals surface area contributed by atoms with Crippen molar-refractivity contribution in [1.82, 2.24) is 19.7 Å². The highest BCUT2D eigenvalue weighted by Crippen LogP contribution is 2.47. The molecule has 38 heavy (non-hydrogen) atoms. The first-order valence-electron chi connectivity index (χ1n) is 13.2. The number of hydrogen-bond donors (Lipinski definition) is 0. The number of anilines is 1. The van der Waals surface area contributed by atoms with E-state index >= 15 is 0 Å². The maximum atomic E-state index is 12.5. The molecule has 1 fully saturated rings. The van der Waals surface area contributed by atoms with E-state index in [4.69, 9.17) is 4.74 Å². The van der Waals surface area contributed by atoms with Gasteiger partial charge in [-0.05, 0) is 75.3 Å². The van der Waals surface area contributed by atoms with E-state index in [0.717, 1.165) is 84.6 Å². The molecule has 0 radical (unpaired) electrons. The SMILES string of the molecule is CP(C)(=O)C1CCN(c2cc(-n3ncc4ccc(O[C@@H]5CCCc6cc(C#N)cnc65)cc43)ccn2)CC1. The van der Waals surface area contributed by atoms with Crippen LogP contribution in [-0.4, -0.2) is 51.8 Å². The van der Waals surface area contributed by atoms with Crippen molar-refractivity contribution in [3.8, 4) is 17.5 Å². The Balaban J connectivity index is 1.25. The van der Waals surface area contributed by atoms with Crippen molar-refractivity contribution in [2.45, 2.75) is 43.9 Å². The standard InChI is InChI=1S/C29H31N6O2P/c1-38(2,36)25-9-12-34(13-10-25)28-15-23(8-11-31-28)35-26-16-24(7-6-22(26)19-33-35)37-27-5-3-4-21-14-20(17-30)18-32-29(21)27/h6-8,11,14-16,18-19,25,27H,3-5,9-10,12-13H2,1-2H3/t27-/m1/s1. The Hall–Kier alpha value is -3.69. The number of hydrogen-bond acceptors (Lipinski definition) is 7. The van der Waals surface area contributed by atoms with Crippen molar-refractivity contribution in [3.05, 3.63) is 71.8 Å². The number of rotatable bonds is 5. The van der Waals surface area contributed by atoms with Gasteiger partial charge in [-0.1, -0.05) is 0 Å². The molecule has 0 unspecified atom stereocenters. The summed E-state index contributed by atoms with van der Waals surface area (Å²) >= 11 is 0. The lowest BCUT2D eigenvalue weighted by Gasteiger charge is -2.34. The molecule has 194 valence electrons. The molecule has 0 spiro atoms. The van der Waals surface area contributed by atoms with Gasteiger partial charge < -0.3 is 14.2 Å². The molecule has 1 aromatic carbocycles. The minimum absolute atomic E-state index is 0.141. The number of nitrogens with zero attached hydrogens (tertiary/aromatic N) is 6. The molecule has 2 aliphatic rings. The third-order valence-electron chi connectivity index (χ3n) is 7.81. The van der Waals surface area contributed by atoms with Crippen LogP contribution in [0.25, 0.3) is 16.6 Å². The summed E-state index contributed by atoms with van der Waals surface area (Å²) in [6, 6.07) is 14.2. The van der Waals surface area contributed by atoms with Crippen LogP contribution in [0.4, 0.5) is 5.82 Å². The molecular weight excluding hydrogens is 495 g/mol. The summed E-state index contributed by atoms with van der Waals surface area (Å²) in [5.74, 6) is 1.68. The van der Waals surface area contributed by atoms with E-state index in [1.54, 1.807) is 6.20 Å². The summed E-state index contributed by atoms with van der Waals surface area (Å²) in [5.41, 5.74) is 4.81. The minimum Gasteiger partial charge on any atom is -0.484 e. The summed E-state index contributed by atoms with van der Waals surface area (Å²) in [6.45, 7) is 5.52. The monoisotopic (exact) mass is 526 g/mol. The van der Waals surface area contributed by atoms with Crippen LogP contribution in [0.3, 0.4) is 0 Å². The molecular formula is C29H31N6O2P. The third kappa shape index (κ3) is 4.79.